The minimum atomic E-state index is 0.581. The molecule has 0 fully saturated rings. The van der Waals surface area contributed by atoms with Crippen molar-refractivity contribution in [3.63, 3.8) is 0 Å². The van der Waals surface area contributed by atoms with E-state index in [1.807, 2.05) is 30.3 Å². The zero-order valence-corrected chi connectivity index (χ0v) is 12.6. The second-order valence-corrected chi connectivity index (χ2v) is 5.53. The molecule has 0 amide bonds. The standard InChI is InChI=1S/C19H19Cl/c1-15(2)18-11-7-16(8-12-18)5-3-4-6-17-9-13-19(20)14-10-17/h3-15H,1-2H3/b5-3+,6-4+. The van der Waals surface area contributed by atoms with Crippen LogP contribution in [0.15, 0.2) is 60.7 Å². The average molecular weight is 283 g/mol. The van der Waals surface area contributed by atoms with Gasteiger partial charge in [-0.3, -0.25) is 0 Å². The number of allylic oxidation sites excluding steroid dienone is 2. The van der Waals surface area contributed by atoms with E-state index in [9.17, 15) is 0 Å². The van der Waals surface area contributed by atoms with Gasteiger partial charge in [0.1, 0.15) is 0 Å². The fourth-order valence-corrected chi connectivity index (χ4v) is 2.03. The monoisotopic (exact) mass is 282 g/mol. The zero-order chi connectivity index (χ0) is 14.4. The van der Waals surface area contributed by atoms with E-state index in [-0.39, 0.29) is 0 Å². The Morgan fingerprint density at radius 2 is 1.20 bits per heavy atom. The van der Waals surface area contributed by atoms with Crippen molar-refractivity contribution in [3.05, 3.63) is 82.4 Å². The molecule has 2 aromatic rings. The maximum Gasteiger partial charge on any atom is 0.0406 e. The number of rotatable bonds is 4. The maximum atomic E-state index is 5.85. The summed E-state index contributed by atoms with van der Waals surface area (Å²) in [5.74, 6) is 0.581. The molecule has 1 heteroatoms. The first kappa shape index (κ1) is 14.6. The van der Waals surface area contributed by atoms with Gasteiger partial charge in [-0.05, 0) is 34.7 Å². The third-order valence-corrected chi connectivity index (χ3v) is 3.41. The van der Waals surface area contributed by atoms with Crippen molar-refractivity contribution in [3.8, 4) is 0 Å². The van der Waals surface area contributed by atoms with Gasteiger partial charge in [0, 0.05) is 5.02 Å². The molecule has 0 bridgehead atoms. The van der Waals surface area contributed by atoms with Crippen LogP contribution in [0.5, 0.6) is 0 Å². The third kappa shape index (κ3) is 4.40. The Kier molecular flexibility index (Phi) is 5.20. The molecule has 0 nitrogen and oxygen atoms in total. The summed E-state index contributed by atoms with van der Waals surface area (Å²) < 4.78 is 0. The lowest BCUT2D eigenvalue weighted by atomic mass is 10.0. The lowest BCUT2D eigenvalue weighted by molar-refractivity contribution is 0.866. The van der Waals surface area contributed by atoms with Crippen molar-refractivity contribution in [2.24, 2.45) is 0 Å². The van der Waals surface area contributed by atoms with Crippen molar-refractivity contribution in [1.82, 2.24) is 0 Å². The fraction of sp³-hybridized carbons (Fsp3) is 0.158. The molecule has 0 spiro atoms. The fourth-order valence-electron chi connectivity index (χ4n) is 1.90. The normalized spacial score (nSPS) is 11.8. The first-order valence-electron chi connectivity index (χ1n) is 6.85. The summed E-state index contributed by atoms with van der Waals surface area (Å²) in [4.78, 5) is 0. The van der Waals surface area contributed by atoms with E-state index in [4.69, 9.17) is 11.6 Å². The Morgan fingerprint density at radius 3 is 1.65 bits per heavy atom. The number of hydrogen-bond donors (Lipinski definition) is 0. The minimum Gasteiger partial charge on any atom is -0.0843 e. The molecule has 2 aromatic carbocycles. The van der Waals surface area contributed by atoms with Gasteiger partial charge < -0.3 is 0 Å². The molecule has 0 N–H and O–H groups in total. The van der Waals surface area contributed by atoms with Gasteiger partial charge in [0.2, 0.25) is 0 Å². The summed E-state index contributed by atoms with van der Waals surface area (Å²) in [6.45, 7) is 4.42. The van der Waals surface area contributed by atoms with Gasteiger partial charge in [0.25, 0.3) is 0 Å². The van der Waals surface area contributed by atoms with Crippen LogP contribution in [0, 0.1) is 0 Å². The highest BCUT2D eigenvalue weighted by Crippen LogP contribution is 2.15. The third-order valence-electron chi connectivity index (χ3n) is 3.16. The Bertz CT molecular complexity index is 587. The van der Waals surface area contributed by atoms with Gasteiger partial charge in [0.05, 0.1) is 0 Å². The van der Waals surface area contributed by atoms with Crippen molar-refractivity contribution in [1.29, 1.82) is 0 Å². The van der Waals surface area contributed by atoms with Crippen molar-refractivity contribution < 1.29 is 0 Å². The molecular formula is C19H19Cl. The Hall–Kier alpha value is -1.79. The van der Waals surface area contributed by atoms with Gasteiger partial charge in [-0.2, -0.15) is 0 Å². The van der Waals surface area contributed by atoms with Gasteiger partial charge >= 0.3 is 0 Å². The van der Waals surface area contributed by atoms with E-state index in [1.54, 1.807) is 0 Å². The largest absolute Gasteiger partial charge is 0.0843 e. The Labute approximate surface area is 126 Å². The highest BCUT2D eigenvalue weighted by molar-refractivity contribution is 6.30. The second-order valence-electron chi connectivity index (χ2n) is 5.09. The summed E-state index contributed by atoms with van der Waals surface area (Å²) >= 11 is 5.85. The van der Waals surface area contributed by atoms with Gasteiger partial charge in [-0.15, -0.1) is 0 Å². The number of hydrogen-bond acceptors (Lipinski definition) is 0. The molecule has 0 unspecified atom stereocenters. The highest BCUT2D eigenvalue weighted by atomic mass is 35.5. The summed E-state index contributed by atoms with van der Waals surface area (Å²) in [5, 5.41) is 0.767. The van der Waals surface area contributed by atoms with Gasteiger partial charge in [-0.1, -0.05) is 86.2 Å². The summed E-state index contributed by atoms with van der Waals surface area (Å²) in [5.41, 5.74) is 3.74. The summed E-state index contributed by atoms with van der Waals surface area (Å²) in [6, 6.07) is 16.5. The SMILES string of the molecule is CC(C)c1ccc(/C=C/C=C/c2ccc(Cl)cc2)cc1. The van der Waals surface area contributed by atoms with Crippen LogP contribution in [0.3, 0.4) is 0 Å². The smallest absolute Gasteiger partial charge is 0.0406 e. The molecule has 20 heavy (non-hydrogen) atoms. The predicted molar refractivity (Wildman–Crippen MR) is 90.1 cm³/mol. The van der Waals surface area contributed by atoms with Crippen molar-refractivity contribution >= 4 is 23.8 Å². The van der Waals surface area contributed by atoms with E-state index in [0.717, 1.165) is 10.6 Å². The molecule has 0 atom stereocenters. The lowest BCUT2D eigenvalue weighted by Gasteiger charge is -2.04. The van der Waals surface area contributed by atoms with Crippen LogP contribution in [0.4, 0.5) is 0 Å². The highest BCUT2D eigenvalue weighted by Gasteiger charge is 1.96. The van der Waals surface area contributed by atoms with E-state index in [0.29, 0.717) is 5.92 Å². The van der Waals surface area contributed by atoms with Crippen molar-refractivity contribution in [2.75, 3.05) is 0 Å². The zero-order valence-electron chi connectivity index (χ0n) is 11.9. The van der Waals surface area contributed by atoms with Crippen LogP contribution in [-0.2, 0) is 0 Å². The first-order chi connectivity index (χ1) is 9.65. The predicted octanol–water partition coefficient (Wildman–Crippen LogP) is 6.19. The maximum absolute atomic E-state index is 5.85. The quantitative estimate of drug-likeness (QED) is 0.587. The number of benzene rings is 2. The molecule has 2 rings (SSSR count). The molecule has 0 aliphatic rings. The van der Waals surface area contributed by atoms with Crippen LogP contribution in [-0.4, -0.2) is 0 Å². The Morgan fingerprint density at radius 1 is 0.750 bits per heavy atom. The first-order valence-corrected chi connectivity index (χ1v) is 7.23. The van der Waals surface area contributed by atoms with E-state index in [1.165, 1.54) is 11.1 Å². The van der Waals surface area contributed by atoms with Crippen LogP contribution < -0.4 is 0 Å². The second kappa shape index (κ2) is 7.12. The van der Waals surface area contributed by atoms with Crippen molar-refractivity contribution in [2.45, 2.75) is 19.8 Å². The molecule has 0 saturated carbocycles. The van der Waals surface area contributed by atoms with Crippen LogP contribution >= 0.6 is 11.6 Å². The van der Waals surface area contributed by atoms with Crippen LogP contribution in [0.2, 0.25) is 5.02 Å². The molecule has 0 aromatic heterocycles. The lowest BCUT2D eigenvalue weighted by Crippen LogP contribution is -1.85. The minimum absolute atomic E-state index is 0.581. The molecule has 0 radical (unpaired) electrons. The molecule has 0 saturated heterocycles. The summed E-state index contributed by atoms with van der Waals surface area (Å²) in [6.07, 6.45) is 8.27. The molecular weight excluding hydrogens is 264 g/mol. The topological polar surface area (TPSA) is 0 Å². The Balaban J connectivity index is 1.97. The van der Waals surface area contributed by atoms with E-state index >= 15 is 0 Å². The van der Waals surface area contributed by atoms with Crippen LogP contribution in [0.1, 0.15) is 36.5 Å². The number of halogens is 1. The van der Waals surface area contributed by atoms with E-state index in [2.05, 4.69) is 56.3 Å². The van der Waals surface area contributed by atoms with Gasteiger partial charge in [0.15, 0.2) is 0 Å². The average Bonchev–Trinajstić information content (AvgIpc) is 2.46. The molecule has 0 aliphatic heterocycles. The molecule has 0 heterocycles. The molecule has 0 aliphatic carbocycles. The molecule has 102 valence electrons. The van der Waals surface area contributed by atoms with Crippen LogP contribution in [0.25, 0.3) is 12.2 Å². The van der Waals surface area contributed by atoms with E-state index < -0.39 is 0 Å². The van der Waals surface area contributed by atoms with Gasteiger partial charge in [-0.25, -0.2) is 0 Å². The summed E-state index contributed by atoms with van der Waals surface area (Å²) in [7, 11) is 0.